The van der Waals surface area contributed by atoms with Gasteiger partial charge in [-0.1, -0.05) is 0 Å². The van der Waals surface area contributed by atoms with Gasteiger partial charge in [0.25, 0.3) is 5.91 Å². The van der Waals surface area contributed by atoms with E-state index in [0.29, 0.717) is 18.1 Å². The topological polar surface area (TPSA) is 74.2 Å². The molecule has 0 unspecified atom stereocenters. The van der Waals surface area contributed by atoms with E-state index < -0.39 is 0 Å². The Morgan fingerprint density at radius 3 is 2.85 bits per heavy atom. The summed E-state index contributed by atoms with van der Waals surface area (Å²) in [4.78, 5) is 29.9. The number of likely N-dealkylation sites (N-methyl/N-ethyl adjacent to an activating group) is 1. The highest BCUT2D eigenvalue weighted by Gasteiger charge is 2.32. The number of nitrogens with zero attached hydrogens (tertiary/aromatic N) is 5. The van der Waals surface area contributed by atoms with Crippen molar-refractivity contribution < 1.29 is 4.79 Å². The Labute approximate surface area is 153 Å². The van der Waals surface area contributed by atoms with Crippen LogP contribution in [0.4, 0.5) is 11.8 Å². The van der Waals surface area contributed by atoms with Gasteiger partial charge in [-0.25, -0.2) is 15.0 Å². The van der Waals surface area contributed by atoms with Crippen molar-refractivity contribution in [2.24, 2.45) is 0 Å². The summed E-state index contributed by atoms with van der Waals surface area (Å²) in [5.74, 6) is 1.64. The number of carbonyl (C=O) groups is 1. The fourth-order valence-electron chi connectivity index (χ4n) is 3.78. The summed E-state index contributed by atoms with van der Waals surface area (Å²) in [5, 5.41) is 3.39. The number of carbonyl (C=O) groups excluding carboxylic acids is 1. The second-order valence-corrected chi connectivity index (χ2v) is 7.77. The summed E-state index contributed by atoms with van der Waals surface area (Å²) in [6.07, 6.45) is 6.96. The lowest BCUT2D eigenvalue weighted by Crippen LogP contribution is -2.37. The number of hydrogen-bond acceptors (Lipinski definition) is 6. The lowest BCUT2D eigenvalue weighted by Gasteiger charge is -2.24. The van der Waals surface area contributed by atoms with E-state index in [1.165, 1.54) is 0 Å². The van der Waals surface area contributed by atoms with Crippen molar-refractivity contribution in [2.45, 2.75) is 38.3 Å². The highest BCUT2D eigenvalue weighted by Crippen LogP contribution is 2.31. The maximum atomic E-state index is 12.9. The van der Waals surface area contributed by atoms with Gasteiger partial charge in [0.1, 0.15) is 5.82 Å². The molecule has 1 fully saturated rings. The van der Waals surface area contributed by atoms with Crippen molar-refractivity contribution >= 4 is 17.7 Å². The molecule has 4 heterocycles. The van der Waals surface area contributed by atoms with Crippen molar-refractivity contribution in [3.05, 3.63) is 41.9 Å². The third-order valence-electron chi connectivity index (χ3n) is 5.17. The van der Waals surface area contributed by atoms with E-state index in [2.05, 4.69) is 39.0 Å². The van der Waals surface area contributed by atoms with E-state index in [-0.39, 0.29) is 17.5 Å². The first-order valence-corrected chi connectivity index (χ1v) is 8.99. The Hall–Kier alpha value is -2.70. The van der Waals surface area contributed by atoms with Gasteiger partial charge in [-0.15, -0.1) is 0 Å². The van der Waals surface area contributed by atoms with Crippen molar-refractivity contribution in [3.63, 3.8) is 0 Å². The molecule has 2 aliphatic rings. The molecular formula is C19H24N6O. The van der Waals surface area contributed by atoms with E-state index in [1.807, 2.05) is 18.0 Å². The molecule has 2 aromatic heterocycles. The van der Waals surface area contributed by atoms with Crippen LogP contribution in [-0.4, -0.2) is 57.5 Å². The summed E-state index contributed by atoms with van der Waals surface area (Å²) in [5.41, 5.74) is 1.78. The third-order valence-corrected chi connectivity index (χ3v) is 5.17. The lowest BCUT2D eigenvalue weighted by molar-refractivity contribution is 0.0790. The number of likely N-dealkylation sites (tertiary alicyclic amines) is 1. The predicted molar refractivity (Wildman–Crippen MR) is 100 cm³/mol. The SMILES string of the molecule is CN(c1ncccn1)[C@H]1CCN(C(=O)c2cnc3c(c2)CC(C)(C)N3)C1. The first kappa shape index (κ1) is 16.8. The van der Waals surface area contributed by atoms with Crippen LogP contribution in [0.3, 0.4) is 0 Å². The van der Waals surface area contributed by atoms with E-state index >= 15 is 0 Å². The molecule has 0 saturated carbocycles. The molecule has 1 saturated heterocycles. The number of anilines is 2. The van der Waals surface area contributed by atoms with Crippen LogP contribution in [0.25, 0.3) is 0 Å². The van der Waals surface area contributed by atoms with E-state index in [4.69, 9.17) is 0 Å². The maximum Gasteiger partial charge on any atom is 0.255 e. The van der Waals surface area contributed by atoms with Crippen molar-refractivity contribution in [1.29, 1.82) is 0 Å². The van der Waals surface area contributed by atoms with Crippen molar-refractivity contribution in [3.8, 4) is 0 Å². The summed E-state index contributed by atoms with van der Waals surface area (Å²) in [6.45, 7) is 5.70. The van der Waals surface area contributed by atoms with E-state index in [9.17, 15) is 4.79 Å². The highest BCUT2D eigenvalue weighted by atomic mass is 16.2. The molecular weight excluding hydrogens is 328 g/mol. The van der Waals surface area contributed by atoms with Gasteiger partial charge in [0.2, 0.25) is 5.95 Å². The molecule has 7 heteroatoms. The quantitative estimate of drug-likeness (QED) is 0.910. The van der Waals surface area contributed by atoms with Crippen molar-refractivity contribution in [1.82, 2.24) is 19.9 Å². The predicted octanol–water partition coefficient (Wildman–Crippen LogP) is 1.97. The minimum atomic E-state index is -0.00581. The van der Waals surface area contributed by atoms with Gasteiger partial charge in [0.15, 0.2) is 0 Å². The smallest absolute Gasteiger partial charge is 0.255 e. The molecule has 136 valence electrons. The number of hydrogen-bond donors (Lipinski definition) is 1. The van der Waals surface area contributed by atoms with Gasteiger partial charge in [-0.3, -0.25) is 4.79 Å². The van der Waals surface area contributed by atoms with Crippen LogP contribution >= 0.6 is 0 Å². The normalized spacial score (nSPS) is 20.6. The number of amides is 1. The minimum Gasteiger partial charge on any atom is -0.365 e. The number of fused-ring (bicyclic) bond motifs is 1. The monoisotopic (exact) mass is 352 g/mol. The standard InChI is InChI=1S/C19H24N6O/c1-19(2)10-13-9-14(11-22-16(13)23-19)17(26)25-8-5-15(12-25)24(3)18-20-6-4-7-21-18/h4,6-7,9,11,15H,5,8,10,12H2,1-3H3,(H,22,23)/t15-/m0/s1. The lowest BCUT2D eigenvalue weighted by atomic mass is 10.00. The minimum absolute atomic E-state index is 0.00581. The highest BCUT2D eigenvalue weighted by molar-refractivity contribution is 5.94. The zero-order chi connectivity index (χ0) is 18.3. The molecule has 0 bridgehead atoms. The fourth-order valence-corrected chi connectivity index (χ4v) is 3.78. The van der Waals surface area contributed by atoms with Crippen LogP contribution in [0.1, 0.15) is 36.2 Å². The first-order valence-electron chi connectivity index (χ1n) is 8.99. The molecule has 0 spiro atoms. The van der Waals surface area contributed by atoms with Crippen LogP contribution in [0.5, 0.6) is 0 Å². The Bertz CT molecular complexity index is 822. The Balaban J connectivity index is 1.46. The molecule has 0 aromatic carbocycles. The van der Waals surface area contributed by atoms with Gasteiger partial charge in [0.05, 0.1) is 11.6 Å². The van der Waals surface area contributed by atoms with Gasteiger partial charge in [0, 0.05) is 44.3 Å². The molecule has 26 heavy (non-hydrogen) atoms. The molecule has 0 aliphatic carbocycles. The Morgan fingerprint density at radius 1 is 1.31 bits per heavy atom. The van der Waals surface area contributed by atoms with Gasteiger partial charge in [-0.2, -0.15) is 0 Å². The fraction of sp³-hybridized carbons (Fsp3) is 0.474. The maximum absolute atomic E-state index is 12.9. The van der Waals surface area contributed by atoms with E-state index in [0.717, 1.165) is 30.8 Å². The van der Waals surface area contributed by atoms with E-state index in [1.54, 1.807) is 24.7 Å². The third kappa shape index (κ3) is 3.09. The summed E-state index contributed by atoms with van der Waals surface area (Å²) in [7, 11) is 1.98. The Kier molecular flexibility index (Phi) is 4.01. The van der Waals surface area contributed by atoms with Gasteiger partial charge < -0.3 is 15.1 Å². The Morgan fingerprint density at radius 2 is 2.08 bits per heavy atom. The number of rotatable bonds is 3. The molecule has 7 nitrogen and oxygen atoms in total. The zero-order valence-electron chi connectivity index (χ0n) is 15.4. The second-order valence-electron chi connectivity index (χ2n) is 7.77. The molecule has 4 rings (SSSR count). The summed E-state index contributed by atoms with van der Waals surface area (Å²) < 4.78 is 0. The van der Waals surface area contributed by atoms with Crippen LogP contribution < -0.4 is 10.2 Å². The molecule has 2 aliphatic heterocycles. The molecule has 1 atom stereocenters. The van der Waals surface area contributed by atoms with Crippen LogP contribution in [0, 0.1) is 0 Å². The summed E-state index contributed by atoms with van der Waals surface area (Å²) in [6, 6.07) is 4.02. The molecule has 2 aromatic rings. The average molecular weight is 352 g/mol. The number of pyridine rings is 1. The molecule has 0 radical (unpaired) electrons. The van der Waals surface area contributed by atoms with Crippen LogP contribution in [0.15, 0.2) is 30.7 Å². The number of aromatic nitrogens is 3. The second kappa shape index (κ2) is 6.23. The summed E-state index contributed by atoms with van der Waals surface area (Å²) >= 11 is 0. The molecule has 1 N–H and O–H groups in total. The van der Waals surface area contributed by atoms with Gasteiger partial charge in [-0.05, 0) is 44.4 Å². The van der Waals surface area contributed by atoms with Crippen LogP contribution in [0.2, 0.25) is 0 Å². The average Bonchev–Trinajstić information content (AvgIpc) is 3.23. The zero-order valence-corrected chi connectivity index (χ0v) is 15.4. The molecule has 1 amide bonds. The largest absolute Gasteiger partial charge is 0.365 e. The van der Waals surface area contributed by atoms with Crippen LogP contribution in [-0.2, 0) is 6.42 Å². The van der Waals surface area contributed by atoms with Crippen molar-refractivity contribution in [2.75, 3.05) is 30.4 Å². The van der Waals surface area contributed by atoms with Gasteiger partial charge >= 0.3 is 0 Å². The first-order chi connectivity index (χ1) is 12.4. The number of nitrogens with one attached hydrogen (secondary N) is 1.